The van der Waals surface area contributed by atoms with Gasteiger partial charge in [0.1, 0.15) is 0 Å². The Hall–Kier alpha value is -0.760. The lowest BCUT2D eigenvalue weighted by atomic mass is 9.96. The Morgan fingerprint density at radius 2 is 2.20 bits per heavy atom. The summed E-state index contributed by atoms with van der Waals surface area (Å²) in [5.41, 5.74) is 1.71. The van der Waals surface area contributed by atoms with Crippen molar-refractivity contribution in [1.29, 1.82) is 0 Å². The SMILES string of the molecule is CC(C)c1cc(F)c2c(c1Cl)CCCO2. The minimum atomic E-state index is -0.280. The Kier molecular flexibility index (Phi) is 2.87. The first-order valence-electron chi connectivity index (χ1n) is 5.25. The highest BCUT2D eigenvalue weighted by Gasteiger charge is 2.22. The number of fused-ring (bicyclic) bond motifs is 1. The van der Waals surface area contributed by atoms with Gasteiger partial charge in [0.15, 0.2) is 11.6 Å². The number of rotatable bonds is 1. The molecule has 0 saturated heterocycles. The highest BCUT2D eigenvalue weighted by Crippen LogP contribution is 2.38. The van der Waals surface area contributed by atoms with Gasteiger partial charge in [0.25, 0.3) is 0 Å². The molecule has 0 spiro atoms. The van der Waals surface area contributed by atoms with Gasteiger partial charge in [-0.2, -0.15) is 0 Å². The van der Waals surface area contributed by atoms with E-state index >= 15 is 0 Å². The molecule has 0 N–H and O–H groups in total. The Morgan fingerprint density at radius 3 is 2.87 bits per heavy atom. The van der Waals surface area contributed by atoms with Crippen molar-refractivity contribution in [2.75, 3.05) is 6.61 Å². The number of halogens is 2. The van der Waals surface area contributed by atoms with Gasteiger partial charge in [-0.3, -0.25) is 0 Å². The van der Waals surface area contributed by atoms with E-state index in [4.69, 9.17) is 16.3 Å². The second-order valence-electron chi connectivity index (χ2n) is 4.18. The normalized spacial score (nSPS) is 15.0. The van der Waals surface area contributed by atoms with Crippen LogP contribution in [0.2, 0.25) is 5.02 Å². The van der Waals surface area contributed by atoms with Gasteiger partial charge in [0, 0.05) is 5.56 Å². The fraction of sp³-hybridized carbons (Fsp3) is 0.500. The van der Waals surface area contributed by atoms with Gasteiger partial charge < -0.3 is 4.74 Å². The van der Waals surface area contributed by atoms with E-state index in [0.717, 1.165) is 24.0 Å². The van der Waals surface area contributed by atoms with E-state index in [-0.39, 0.29) is 11.7 Å². The van der Waals surface area contributed by atoms with E-state index in [1.54, 1.807) is 0 Å². The Morgan fingerprint density at radius 1 is 1.47 bits per heavy atom. The molecule has 1 aromatic rings. The second kappa shape index (κ2) is 4.01. The molecule has 0 amide bonds. The van der Waals surface area contributed by atoms with E-state index in [2.05, 4.69) is 0 Å². The summed E-state index contributed by atoms with van der Waals surface area (Å²) in [4.78, 5) is 0. The van der Waals surface area contributed by atoms with E-state index in [1.807, 2.05) is 13.8 Å². The summed E-state index contributed by atoms with van der Waals surface area (Å²) in [6.07, 6.45) is 1.72. The van der Waals surface area contributed by atoms with Crippen LogP contribution in [0, 0.1) is 5.82 Å². The molecule has 0 aliphatic carbocycles. The van der Waals surface area contributed by atoms with Crippen molar-refractivity contribution in [3.8, 4) is 5.75 Å². The van der Waals surface area contributed by atoms with Crippen molar-refractivity contribution in [2.24, 2.45) is 0 Å². The fourth-order valence-electron chi connectivity index (χ4n) is 1.91. The van der Waals surface area contributed by atoms with E-state index < -0.39 is 0 Å². The van der Waals surface area contributed by atoms with Crippen molar-refractivity contribution in [3.63, 3.8) is 0 Å². The molecule has 1 aliphatic rings. The molecule has 0 bridgehead atoms. The first-order chi connectivity index (χ1) is 7.11. The molecule has 0 radical (unpaired) electrons. The highest BCUT2D eigenvalue weighted by molar-refractivity contribution is 6.32. The quantitative estimate of drug-likeness (QED) is 0.708. The van der Waals surface area contributed by atoms with Gasteiger partial charge in [0.2, 0.25) is 0 Å². The zero-order valence-corrected chi connectivity index (χ0v) is 9.70. The van der Waals surface area contributed by atoms with Crippen LogP contribution in [-0.2, 0) is 6.42 Å². The fourth-order valence-corrected chi connectivity index (χ4v) is 2.36. The van der Waals surface area contributed by atoms with Gasteiger partial charge >= 0.3 is 0 Å². The second-order valence-corrected chi connectivity index (χ2v) is 4.55. The van der Waals surface area contributed by atoms with Gasteiger partial charge in [-0.25, -0.2) is 4.39 Å². The zero-order chi connectivity index (χ0) is 11.0. The van der Waals surface area contributed by atoms with Crippen LogP contribution in [0.3, 0.4) is 0 Å². The third-order valence-electron chi connectivity index (χ3n) is 2.73. The van der Waals surface area contributed by atoms with E-state index in [1.165, 1.54) is 6.07 Å². The maximum atomic E-state index is 13.7. The summed E-state index contributed by atoms with van der Waals surface area (Å²) in [5.74, 6) is 0.313. The molecule has 82 valence electrons. The van der Waals surface area contributed by atoms with Gasteiger partial charge in [-0.05, 0) is 30.4 Å². The monoisotopic (exact) mass is 228 g/mol. The zero-order valence-electron chi connectivity index (χ0n) is 8.94. The summed E-state index contributed by atoms with van der Waals surface area (Å²) in [7, 11) is 0. The van der Waals surface area contributed by atoms with Crippen molar-refractivity contribution in [1.82, 2.24) is 0 Å². The lowest BCUT2D eigenvalue weighted by Crippen LogP contribution is -2.12. The molecule has 1 aromatic carbocycles. The Labute approximate surface area is 94.2 Å². The van der Waals surface area contributed by atoms with Crippen molar-refractivity contribution in [2.45, 2.75) is 32.6 Å². The van der Waals surface area contributed by atoms with Crippen LogP contribution < -0.4 is 4.74 Å². The van der Waals surface area contributed by atoms with Gasteiger partial charge in [-0.1, -0.05) is 25.4 Å². The van der Waals surface area contributed by atoms with Crippen LogP contribution in [0.4, 0.5) is 4.39 Å². The number of hydrogen-bond acceptors (Lipinski definition) is 1. The summed E-state index contributed by atoms with van der Waals surface area (Å²) in [5, 5.41) is 0.682. The molecule has 0 fully saturated rings. The summed E-state index contributed by atoms with van der Waals surface area (Å²) < 4.78 is 19.0. The maximum absolute atomic E-state index is 13.7. The summed E-state index contributed by atoms with van der Waals surface area (Å²) in [6, 6.07) is 1.50. The molecule has 15 heavy (non-hydrogen) atoms. The summed E-state index contributed by atoms with van der Waals surface area (Å²) in [6.45, 7) is 4.61. The lowest BCUT2D eigenvalue weighted by molar-refractivity contribution is 0.273. The first kappa shape index (κ1) is 10.7. The summed E-state index contributed by atoms with van der Waals surface area (Å²) >= 11 is 6.25. The van der Waals surface area contributed by atoms with Crippen molar-refractivity contribution < 1.29 is 9.13 Å². The number of ether oxygens (including phenoxy) is 1. The third kappa shape index (κ3) is 1.83. The third-order valence-corrected chi connectivity index (χ3v) is 3.18. The molecule has 3 heteroatoms. The Balaban J connectivity index is 2.59. The molecule has 1 aliphatic heterocycles. The van der Waals surface area contributed by atoms with E-state index in [9.17, 15) is 4.39 Å². The topological polar surface area (TPSA) is 9.23 Å². The molecule has 0 aromatic heterocycles. The van der Waals surface area contributed by atoms with Crippen LogP contribution in [0.15, 0.2) is 6.07 Å². The molecule has 0 unspecified atom stereocenters. The van der Waals surface area contributed by atoms with Crippen LogP contribution in [0.1, 0.15) is 37.3 Å². The minimum absolute atomic E-state index is 0.235. The van der Waals surface area contributed by atoms with Crippen LogP contribution >= 0.6 is 11.6 Å². The Bertz CT molecular complexity index is 388. The molecular weight excluding hydrogens is 215 g/mol. The molecular formula is C12H14ClFO. The molecule has 1 heterocycles. The van der Waals surface area contributed by atoms with Crippen LogP contribution in [0.5, 0.6) is 5.75 Å². The smallest absolute Gasteiger partial charge is 0.165 e. The number of hydrogen-bond donors (Lipinski definition) is 0. The predicted octanol–water partition coefficient (Wildman–Crippen LogP) is 3.93. The first-order valence-corrected chi connectivity index (χ1v) is 5.62. The highest BCUT2D eigenvalue weighted by atomic mass is 35.5. The molecule has 0 saturated carbocycles. The standard InChI is InChI=1S/C12H14ClFO/c1-7(2)9-6-10(14)12-8(11(9)13)4-3-5-15-12/h6-7H,3-5H2,1-2H3. The predicted molar refractivity (Wildman–Crippen MR) is 59.3 cm³/mol. The number of benzene rings is 1. The van der Waals surface area contributed by atoms with Crippen molar-refractivity contribution in [3.05, 3.63) is 28.0 Å². The molecule has 0 atom stereocenters. The van der Waals surface area contributed by atoms with Gasteiger partial charge in [0.05, 0.1) is 11.6 Å². The molecule has 1 nitrogen and oxygen atoms in total. The van der Waals surface area contributed by atoms with Crippen LogP contribution in [0.25, 0.3) is 0 Å². The van der Waals surface area contributed by atoms with Crippen LogP contribution in [-0.4, -0.2) is 6.61 Å². The van der Waals surface area contributed by atoms with Gasteiger partial charge in [-0.15, -0.1) is 0 Å². The average Bonchev–Trinajstić information content (AvgIpc) is 2.23. The lowest BCUT2D eigenvalue weighted by Gasteiger charge is -2.21. The minimum Gasteiger partial charge on any atom is -0.490 e. The van der Waals surface area contributed by atoms with E-state index in [0.29, 0.717) is 17.4 Å². The van der Waals surface area contributed by atoms with Crippen molar-refractivity contribution >= 4 is 11.6 Å². The largest absolute Gasteiger partial charge is 0.490 e. The molecule has 2 rings (SSSR count). The average molecular weight is 229 g/mol. The maximum Gasteiger partial charge on any atom is 0.165 e.